The molecule has 27 heavy (non-hydrogen) atoms. The van der Waals surface area contributed by atoms with Crippen molar-refractivity contribution >= 4 is 17.5 Å². The van der Waals surface area contributed by atoms with Crippen LogP contribution in [0.25, 0.3) is 5.69 Å². The van der Waals surface area contributed by atoms with Crippen LogP contribution in [0.1, 0.15) is 37.7 Å². The van der Waals surface area contributed by atoms with Gasteiger partial charge < -0.3 is 15.6 Å². The molecule has 6 heteroatoms. The number of hydrogen-bond donors (Lipinski definition) is 2. The minimum atomic E-state index is -0.888. The maximum Gasteiger partial charge on any atom is 0.257 e. The topological polar surface area (TPSA) is 77.1 Å². The summed E-state index contributed by atoms with van der Waals surface area (Å²) < 4.78 is 15.6. The van der Waals surface area contributed by atoms with Gasteiger partial charge in [0.1, 0.15) is 5.82 Å². The number of aryl methyl sites for hydroxylation is 2. The predicted octanol–water partition coefficient (Wildman–Crippen LogP) is 3.89. The Labute approximate surface area is 156 Å². The third-order valence-electron chi connectivity index (χ3n) is 4.52. The van der Waals surface area contributed by atoms with Crippen LogP contribution < -0.4 is 11.1 Å². The van der Waals surface area contributed by atoms with Crippen LogP contribution in [-0.4, -0.2) is 16.4 Å². The molecule has 3 N–H and O–H groups in total. The third kappa shape index (κ3) is 3.46. The van der Waals surface area contributed by atoms with Crippen molar-refractivity contribution in [1.29, 1.82) is 0 Å². The van der Waals surface area contributed by atoms with E-state index in [-0.39, 0.29) is 11.5 Å². The van der Waals surface area contributed by atoms with Crippen LogP contribution in [-0.2, 0) is 0 Å². The Kier molecular flexibility index (Phi) is 4.81. The number of hydrogen-bond acceptors (Lipinski definition) is 2. The Bertz CT molecular complexity index is 1050. The van der Waals surface area contributed by atoms with Crippen molar-refractivity contribution in [3.63, 3.8) is 0 Å². The van der Waals surface area contributed by atoms with Gasteiger partial charge in [-0.05, 0) is 56.7 Å². The van der Waals surface area contributed by atoms with E-state index in [1.807, 2.05) is 49.6 Å². The largest absolute Gasteiger partial charge is 0.366 e. The molecule has 5 nitrogen and oxygen atoms in total. The smallest absolute Gasteiger partial charge is 0.257 e. The van der Waals surface area contributed by atoms with E-state index in [9.17, 15) is 14.0 Å². The highest BCUT2D eigenvalue weighted by Crippen LogP contribution is 2.24. The first-order valence-electron chi connectivity index (χ1n) is 8.45. The average Bonchev–Trinajstić information content (AvgIpc) is 2.91. The minimum Gasteiger partial charge on any atom is -0.366 e. The molecule has 138 valence electrons. The van der Waals surface area contributed by atoms with E-state index in [0.717, 1.165) is 28.7 Å². The van der Waals surface area contributed by atoms with Crippen LogP contribution in [0, 0.1) is 26.6 Å². The van der Waals surface area contributed by atoms with Crippen molar-refractivity contribution in [2.45, 2.75) is 20.8 Å². The molecule has 0 unspecified atom stereocenters. The first kappa shape index (κ1) is 18.4. The zero-order valence-corrected chi connectivity index (χ0v) is 15.3. The van der Waals surface area contributed by atoms with Crippen molar-refractivity contribution in [2.24, 2.45) is 5.73 Å². The van der Waals surface area contributed by atoms with E-state index in [1.54, 1.807) is 6.07 Å². The van der Waals surface area contributed by atoms with Crippen LogP contribution >= 0.6 is 0 Å². The molecule has 0 spiro atoms. The zero-order valence-electron chi connectivity index (χ0n) is 15.3. The fraction of sp³-hybridized carbons (Fsp3) is 0.143. The number of rotatable bonds is 4. The highest BCUT2D eigenvalue weighted by atomic mass is 19.1. The van der Waals surface area contributed by atoms with Gasteiger partial charge in [0.05, 0.1) is 11.1 Å². The first-order chi connectivity index (χ1) is 12.8. The highest BCUT2D eigenvalue weighted by molar-refractivity contribution is 6.06. The maximum atomic E-state index is 13.6. The Morgan fingerprint density at radius 1 is 1.00 bits per heavy atom. The Morgan fingerprint density at radius 3 is 2.37 bits per heavy atom. The molecule has 3 aromatic rings. The number of para-hydroxylation sites is 1. The summed E-state index contributed by atoms with van der Waals surface area (Å²) in [6, 6.07) is 13.4. The summed E-state index contributed by atoms with van der Waals surface area (Å²) in [5.74, 6) is -1.95. The number of anilines is 1. The van der Waals surface area contributed by atoms with Crippen molar-refractivity contribution in [3.8, 4) is 5.69 Å². The van der Waals surface area contributed by atoms with Gasteiger partial charge >= 0.3 is 0 Å². The standard InChI is InChI=1S/C21H20FN3O2/c1-12-6-4-5-7-19(12)25-13(2)10-16(14(25)3)21(27)24-15-8-9-18(22)17(11-15)20(23)26/h4-11H,1-3H3,(H2,23,26)(H,24,27). The average molecular weight is 365 g/mol. The van der Waals surface area contributed by atoms with Crippen molar-refractivity contribution < 1.29 is 14.0 Å². The number of nitrogens with two attached hydrogens (primary N) is 1. The lowest BCUT2D eigenvalue weighted by atomic mass is 10.1. The van der Waals surface area contributed by atoms with Gasteiger partial charge in [-0.2, -0.15) is 0 Å². The van der Waals surface area contributed by atoms with Gasteiger partial charge in [-0.3, -0.25) is 9.59 Å². The van der Waals surface area contributed by atoms with E-state index in [1.165, 1.54) is 12.1 Å². The molecule has 0 bridgehead atoms. The minimum absolute atomic E-state index is 0.266. The number of carbonyl (C=O) groups excluding carboxylic acids is 2. The third-order valence-corrected chi connectivity index (χ3v) is 4.52. The van der Waals surface area contributed by atoms with Crippen LogP contribution in [0.2, 0.25) is 0 Å². The van der Waals surface area contributed by atoms with Gasteiger partial charge in [-0.25, -0.2) is 4.39 Å². The second-order valence-electron chi connectivity index (χ2n) is 6.42. The van der Waals surface area contributed by atoms with Crippen molar-refractivity contribution in [3.05, 3.63) is 82.4 Å². The summed E-state index contributed by atoms with van der Waals surface area (Å²) in [5.41, 5.74) is 9.50. The lowest BCUT2D eigenvalue weighted by Crippen LogP contribution is -2.16. The summed E-state index contributed by atoms with van der Waals surface area (Å²) in [6.45, 7) is 5.81. The van der Waals surface area contributed by atoms with Gasteiger partial charge in [0, 0.05) is 22.8 Å². The molecule has 1 heterocycles. The quantitative estimate of drug-likeness (QED) is 0.736. The molecule has 3 rings (SSSR count). The lowest BCUT2D eigenvalue weighted by Gasteiger charge is -2.13. The van der Waals surface area contributed by atoms with Gasteiger partial charge in [0.15, 0.2) is 0 Å². The Morgan fingerprint density at radius 2 is 1.70 bits per heavy atom. The first-order valence-corrected chi connectivity index (χ1v) is 8.45. The fourth-order valence-corrected chi connectivity index (χ4v) is 3.17. The molecular formula is C21H20FN3O2. The Hall–Kier alpha value is -3.41. The molecule has 2 aromatic carbocycles. The fourth-order valence-electron chi connectivity index (χ4n) is 3.17. The Balaban J connectivity index is 1.95. The number of carbonyl (C=O) groups is 2. The van der Waals surface area contributed by atoms with E-state index in [0.29, 0.717) is 11.3 Å². The van der Waals surface area contributed by atoms with Gasteiger partial charge in [-0.15, -0.1) is 0 Å². The summed E-state index contributed by atoms with van der Waals surface area (Å²) in [6.07, 6.45) is 0. The molecule has 0 saturated heterocycles. The number of amides is 2. The molecule has 0 atom stereocenters. The van der Waals surface area contributed by atoms with Gasteiger partial charge in [-0.1, -0.05) is 18.2 Å². The van der Waals surface area contributed by atoms with Crippen LogP contribution in [0.3, 0.4) is 0 Å². The molecular weight excluding hydrogens is 345 g/mol. The monoisotopic (exact) mass is 365 g/mol. The second kappa shape index (κ2) is 7.07. The molecule has 0 radical (unpaired) electrons. The van der Waals surface area contributed by atoms with Gasteiger partial charge in [0.2, 0.25) is 0 Å². The van der Waals surface area contributed by atoms with E-state index in [2.05, 4.69) is 5.32 Å². The normalized spacial score (nSPS) is 10.7. The number of primary amides is 1. The number of halogens is 1. The number of nitrogens with one attached hydrogen (secondary N) is 1. The highest BCUT2D eigenvalue weighted by Gasteiger charge is 2.18. The molecule has 1 aromatic heterocycles. The van der Waals surface area contributed by atoms with Crippen molar-refractivity contribution in [2.75, 3.05) is 5.32 Å². The summed E-state index contributed by atoms with van der Waals surface area (Å²) >= 11 is 0. The van der Waals surface area contributed by atoms with Crippen LogP contribution in [0.5, 0.6) is 0 Å². The van der Waals surface area contributed by atoms with Gasteiger partial charge in [0.25, 0.3) is 11.8 Å². The number of benzene rings is 2. The molecule has 0 aliphatic rings. The zero-order chi connectivity index (χ0) is 19.7. The molecule has 0 saturated carbocycles. The molecule has 0 aliphatic carbocycles. The SMILES string of the molecule is Cc1ccccc1-n1c(C)cc(C(=O)Nc2ccc(F)c(C(N)=O)c2)c1C. The molecule has 0 aliphatic heterocycles. The second-order valence-corrected chi connectivity index (χ2v) is 6.42. The summed E-state index contributed by atoms with van der Waals surface area (Å²) in [4.78, 5) is 24.0. The van der Waals surface area contributed by atoms with Crippen LogP contribution in [0.15, 0.2) is 48.5 Å². The number of nitrogens with zero attached hydrogens (tertiary/aromatic N) is 1. The van der Waals surface area contributed by atoms with E-state index >= 15 is 0 Å². The summed E-state index contributed by atoms with van der Waals surface area (Å²) in [5, 5.41) is 2.70. The van der Waals surface area contributed by atoms with Crippen molar-refractivity contribution in [1.82, 2.24) is 4.57 Å². The molecule has 0 fully saturated rings. The lowest BCUT2D eigenvalue weighted by molar-refractivity contribution is 0.0992. The van der Waals surface area contributed by atoms with Crippen LogP contribution in [0.4, 0.5) is 10.1 Å². The molecule has 2 amide bonds. The maximum absolute atomic E-state index is 13.6. The van der Waals surface area contributed by atoms with E-state index < -0.39 is 11.7 Å². The number of aromatic nitrogens is 1. The predicted molar refractivity (Wildman–Crippen MR) is 103 cm³/mol. The summed E-state index contributed by atoms with van der Waals surface area (Å²) in [7, 11) is 0. The van der Waals surface area contributed by atoms with E-state index in [4.69, 9.17) is 5.73 Å².